The molecule has 1 aliphatic rings. The van der Waals surface area contributed by atoms with Crippen LogP contribution in [0.1, 0.15) is 17.7 Å². The maximum Gasteiger partial charge on any atom is 0.225 e. The van der Waals surface area contributed by atoms with Crippen molar-refractivity contribution in [2.45, 2.75) is 19.8 Å². The minimum atomic E-state index is 0.673. The van der Waals surface area contributed by atoms with Crippen molar-refractivity contribution in [2.24, 2.45) is 5.92 Å². The van der Waals surface area contributed by atoms with E-state index in [0.29, 0.717) is 11.9 Å². The monoisotopic (exact) mass is 292 g/mol. The van der Waals surface area contributed by atoms with Crippen molar-refractivity contribution < 1.29 is 4.74 Å². The molecule has 6 heteroatoms. The summed E-state index contributed by atoms with van der Waals surface area (Å²) in [4.78, 5) is 11.4. The summed E-state index contributed by atoms with van der Waals surface area (Å²) in [5.74, 6) is 2.29. The van der Waals surface area contributed by atoms with Gasteiger partial charge < -0.3 is 15.4 Å². The summed E-state index contributed by atoms with van der Waals surface area (Å²) in [6.07, 6.45) is 2.26. The maximum atomic E-state index is 5.40. The van der Waals surface area contributed by atoms with Crippen LogP contribution in [0.15, 0.2) is 6.07 Å². The van der Waals surface area contributed by atoms with Gasteiger partial charge >= 0.3 is 0 Å². The average Bonchev–Trinajstić information content (AvgIpc) is 2.86. The van der Waals surface area contributed by atoms with E-state index in [1.54, 1.807) is 11.3 Å². The predicted molar refractivity (Wildman–Crippen MR) is 83.7 cm³/mol. The standard InChI is InChI=1S/C14H20N4OS/c1-9-7-11-12(16-8-10-3-5-19-6-4-10)17-14(15-2)18-13(11)20-9/h7,10H,3-6,8H2,1-2H3,(H2,15,16,17,18). The van der Waals surface area contributed by atoms with Gasteiger partial charge in [0, 0.05) is 31.7 Å². The minimum absolute atomic E-state index is 0.673. The van der Waals surface area contributed by atoms with Crippen molar-refractivity contribution in [1.82, 2.24) is 9.97 Å². The lowest BCUT2D eigenvalue weighted by Gasteiger charge is -2.22. The summed E-state index contributed by atoms with van der Waals surface area (Å²) in [7, 11) is 1.85. The Kier molecular flexibility index (Phi) is 4.03. The maximum absolute atomic E-state index is 5.40. The van der Waals surface area contributed by atoms with Crippen LogP contribution < -0.4 is 10.6 Å². The van der Waals surface area contributed by atoms with Crippen molar-refractivity contribution in [3.8, 4) is 0 Å². The lowest BCUT2D eigenvalue weighted by molar-refractivity contribution is 0.0699. The Morgan fingerprint density at radius 1 is 1.35 bits per heavy atom. The molecule has 5 nitrogen and oxygen atoms in total. The molecule has 3 rings (SSSR count). The van der Waals surface area contributed by atoms with Gasteiger partial charge in [-0.25, -0.2) is 4.98 Å². The molecule has 0 amide bonds. The van der Waals surface area contributed by atoms with E-state index < -0.39 is 0 Å². The van der Waals surface area contributed by atoms with Crippen molar-refractivity contribution in [2.75, 3.05) is 37.4 Å². The van der Waals surface area contributed by atoms with Gasteiger partial charge in [-0.2, -0.15) is 4.98 Å². The van der Waals surface area contributed by atoms with Gasteiger partial charge in [-0.15, -0.1) is 11.3 Å². The van der Waals surface area contributed by atoms with Crippen LogP contribution in [-0.2, 0) is 4.74 Å². The highest BCUT2D eigenvalue weighted by Crippen LogP contribution is 2.30. The summed E-state index contributed by atoms with van der Waals surface area (Å²) in [5.41, 5.74) is 0. The molecule has 0 radical (unpaired) electrons. The molecular weight excluding hydrogens is 272 g/mol. The summed E-state index contributed by atoms with van der Waals surface area (Å²) < 4.78 is 5.40. The minimum Gasteiger partial charge on any atom is -0.381 e. The Balaban J connectivity index is 1.81. The van der Waals surface area contributed by atoms with Crippen LogP contribution >= 0.6 is 11.3 Å². The quantitative estimate of drug-likeness (QED) is 0.907. The van der Waals surface area contributed by atoms with E-state index in [1.165, 1.54) is 4.88 Å². The van der Waals surface area contributed by atoms with Crippen LogP contribution in [0.4, 0.5) is 11.8 Å². The van der Waals surface area contributed by atoms with Gasteiger partial charge in [0.05, 0.1) is 5.39 Å². The van der Waals surface area contributed by atoms with Gasteiger partial charge in [0.25, 0.3) is 0 Å². The molecule has 2 N–H and O–H groups in total. The van der Waals surface area contributed by atoms with E-state index in [2.05, 4.69) is 33.6 Å². The Hall–Kier alpha value is -1.40. The number of nitrogens with one attached hydrogen (secondary N) is 2. The van der Waals surface area contributed by atoms with Gasteiger partial charge in [0.1, 0.15) is 10.6 Å². The first-order chi connectivity index (χ1) is 9.76. The van der Waals surface area contributed by atoms with E-state index in [1.807, 2.05) is 7.05 Å². The third-order valence-electron chi connectivity index (χ3n) is 3.64. The molecule has 0 aromatic carbocycles. The highest BCUT2D eigenvalue weighted by Gasteiger charge is 2.15. The first kappa shape index (κ1) is 13.6. The number of fused-ring (bicyclic) bond motifs is 1. The molecule has 1 aliphatic heterocycles. The Morgan fingerprint density at radius 2 is 2.15 bits per heavy atom. The first-order valence-electron chi connectivity index (χ1n) is 7.04. The Labute approximate surface area is 122 Å². The summed E-state index contributed by atoms with van der Waals surface area (Å²) in [6, 6.07) is 2.16. The van der Waals surface area contributed by atoms with Crippen LogP contribution in [0.3, 0.4) is 0 Å². The second-order valence-electron chi connectivity index (χ2n) is 5.16. The normalized spacial score (nSPS) is 16.5. The number of aryl methyl sites for hydroxylation is 1. The largest absolute Gasteiger partial charge is 0.381 e. The van der Waals surface area contributed by atoms with Crippen molar-refractivity contribution >= 4 is 33.3 Å². The number of hydrogen-bond donors (Lipinski definition) is 2. The fraction of sp³-hybridized carbons (Fsp3) is 0.571. The molecule has 1 saturated heterocycles. The van der Waals surface area contributed by atoms with Crippen LogP contribution in [0.5, 0.6) is 0 Å². The number of hydrogen-bond acceptors (Lipinski definition) is 6. The van der Waals surface area contributed by atoms with Crippen LogP contribution in [0, 0.1) is 12.8 Å². The molecule has 0 bridgehead atoms. The topological polar surface area (TPSA) is 59.1 Å². The molecule has 3 heterocycles. The van der Waals surface area contributed by atoms with Gasteiger partial charge in [0.2, 0.25) is 5.95 Å². The van der Waals surface area contributed by atoms with Gasteiger partial charge in [-0.1, -0.05) is 0 Å². The van der Waals surface area contributed by atoms with Crippen molar-refractivity contribution in [1.29, 1.82) is 0 Å². The van der Waals surface area contributed by atoms with Gasteiger partial charge in [0.15, 0.2) is 0 Å². The van der Waals surface area contributed by atoms with E-state index >= 15 is 0 Å². The number of rotatable bonds is 4. The number of thiophene rings is 1. The zero-order valence-electron chi connectivity index (χ0n) is 11.9. The second kappa shape index (κ2) is 5.93. The number of aromatic nitrogens is 2. The fourth-order valence-corrected chi connectivity index (χ4v) is 3.36. The van der Waals surface area contributed by atoms with E-state index in [0.717, 1.165) is 48.6 Å². The van der Waals surface area contributed by atoms with Crippen LogP contribution in [0.25, 0.3) is 10.2 Å². The highest BCUT2D eigenvalue weighted by molar-refractivity contribution is 7.18. The highest BCUT2D eigenvalue weighted by atomic mass is 32.1. The third kappa shape index (κ3) is 2.86. The summed E-state index contributed by atoms with van der Waals surface area (Å²) >= 11 is 1.71. The molecule has 0 saturated carbocycles. The van der Waals surface area contributed by atoms with E-state index in [9.17, 15) is 0 Å². The summed E-state index contributed by atoms with van der Waals surface area (Å²) in [5, 5.41) is 7.66. The van der Waals surface area contributed by atoms with Gasteiger partial charge in [-0.05, 0) is 31.7 Å². The van der Waals surface area contributed by atoms with Gasteiger partial charge in [-0.3, -0.25) is 0 Å². The molecular formula is C14H20N4OS. The molecule has 0 aliphatic carbocycles. The average molecular weight is 292 g/mol. The first-order valence-corrected chi connectivity index (χ1v) is 7.85. The molecule has 0 spiro atoms. The molecule has 108 valence electrons. The zero-order valence-corrected chi connectivity index (χ0v) is 12.7. The van der Waals surface area contributed by atoms with E-state index in [4.69, 9.17) is 4.74 Å². The Morgan fingerprint density at radius 3 is 2.90 bits per heavy atom. The molecule has 2 aromatic rings. The molecule has 20 heavy (non-hydrogen) atoms. The number of ether oxygens (including phenoxy) is 1. The molecule has 2 aromatic heterocycles. The lowest BCUT2D eigenvalue weighted by atomic mass is 10.0. The second-order valence-corrected chi connectivity index (χ2v) is 6.39. The molecule has 0 unspecified atom stereocenters. The zero-order chi connectivity index (χ0) is 13.9. The van der Waals surface area contributed by atoms with Crippen LogP contribution in [-0.4, -0.2) is 36.8 Å². The molecule has 0 atom stereocenters. The number of nitrogens with zero attached hydrogens (tertiary/aromatic N) is 2. The SMILES string of the molecule is CNc1nc(NCC2CCOCC2)c2cc(C)sc2n1. The lowest BCUT2D eigenvalue weighted by Crippen LogP contribution is -2.23. The Bertz CT molecular complexity index is 592. The van der Waals surface area contributed by atoms with Crippen LogP contribution in [0.2, 0.25) is 0 Å². The molecule has 1 fully saturated rings. The van der Waals surface area contributed by atoms with Crippen molar-refractivity contribution in [3.63, 3.8) is 0 Å². The smallest absolute Gasteiger partial charge is 0.225 e. The predicted octanol–water partition coefficient (Wildman–Crippen LogP) is 2.88. The summed E-state index contributed by atoms with van der Waals surface area (Å²) in [6.45, 7) is 4.82. The number of anilines is 2. The fourth-order valence-electron chi connectivity index (χ4n) is 2.48. The van der Waals surface area contributed by atoms with Crippen molar-refractivity contribution in [3.05, 3.63) is 10.9 Å². The third-order valence-corrected chi connectivity index (χ3v) is 4.58. The van der Waals surface area contributed by atoms with E-state index in [-0.39, 0.29) is 0 Å².